The lowest BCUT2D eigenvalue weighted by atomic mass is 9.79. The standard InChI is InChI=1S/C13H23NO/c1-2-8-14-9-11-6-4-3-5-7-12(10-14)13(11)15/h11-12H,2-10H2,1H3. The van der Waals surface area contributed by atoms with E-state index in [9.17, 15) is 4.79 Å². The second-order valence-corrected chi connectivity index (χ2v) is 5.19. The summed E-state index contributed by atoms with van der Waals surface area (Å²) in [6.07, 6.45) is 7.39. The van der Waals surface area contributed by atoms with Gasteiger partial charge in [-0.05, 0) is 25.8 Å². The molecule has 2 heteroatoms. The summed E-state index contributed by atoms with van der Waals surface area (Å²) < 4.78 is 0. The van der Waals surface area contributed by atoms with Crippen molar-refractivity contribution in [3.05, 3.63) is 0 Å². The van der Waals surface area contributed by atoms with Crippen LogP contribution >= 0.6 is 0 Å². The average Bonchev–Trinajstić information content (AvgIpc) is 2.23. The molecule has 2 rings (SSSR count). The lowest BCUT2D eigenvalue weighted by Gasteiger charge is -2.38. The SMILES string of the molecule is CCCN1CC2CCCCCC(C1)C2=O. The molecule has 2 nitrogen and oxygen atoms in total. The Labute approximate surface area is 93.0 Å². The first kappa shape index (κ1) is 11.1. The van der Waals surface area contributed by atoms with E-state index < -0.39 is 0 Å². The number of carbonyl (C=O) groups excluding carboxylic acids is 1. The molecule has 0 N–H and O–H groups in total. The molecule has 1 saturated heterocycles. The van der Waals surface area contributed by atoms with Gasteiger partial charge >= 0.3 is 0 Å². The van der Waals surface area contributed by atoms with Crippen molar-refractivity contribution in [2.75, 3.05) is 19.6 Å². The zero-order valence-electron chi connectivity index (χ0n) is 9.87. The second kappa shape index (κ2) is 5.11. The van der Waals surface area contributed by atoms with E-state index in [1.807, 2.05) is 0 Å². The lowest BCUT2D eigenvalue weighted by molar-refractivity contribution is -0.132. The number of hydrogen-bond donors (Lipinski definition) is 0. The van der Waals surface area contributed by atoms with Crippen molar-refractivity contribution >= 4 is 5.78 Å². The predicted molar refractivity (Wildman–Crippen MR) is 61.8 cm³/mol. The fourth-order valence-electron chi connectivity index (χ4n) is 3.14. The molecule has 2 aliphatic rings. The van der Waals surface area contributed by atoms with Gasteiger partial charge in [-0.15, -0.1) is 0 Å². The van der Waals surface area contributed by atoms with E-state index in [1.165, 1.54) is 32.2 Å². The first-order chi connectivity index (χ1) is 7.31. The molecule has 0 aromatic heterocycles. The van der Waals surface area contributed by atoms with E-state index in [1.54, 1.807) is 0 Å². The molecule has 1 saturated carbocycles. The molecule has 2 bridgehead atoms. The minimum Gasteiger partial charge on any atom is -0.302 e. The third-order valence-corrected chi connectivity index (χ3v) is 3.91. The quantitative estimate of drug-likeness (QED) is 0.696. The summed E-state index contributed by atoms with van der Waals surface area (Å²) in [5.41, 5.74) is 0. The van der Waals surface area contributed by atoms with Gasteiger partial charge in [-0.3, -0.25) is 4.79 Å². The minimum atomic E-state index is 0.371. The van der Waals surface area contributed by atoms with Crippen molar-refractivity contribution in [2.45, 2.75) is 45.4 Å². The van der Waals surface area contributed by atoms with Crippen LogP contribution in [0.25, 0.3) is 0 Å². The molecular formula is C13H23NO. The van der Waals surface area contributed by atoms with Crippen LogP contribution in [0.4, 0.5) is 0 Å². The monoisotopic (exact) mass is 209 g/mol. The van der Waals surface area contributed by atoms with E-state index in [0.29, 0.717) is 17.6 Å². The number of rotatable bonds is 2. The Kier molecular flexibility index (Phi) is 3.79. The highest BCUT2D eigenvalue weighted by Crippen LogP contribution is 2.29. The Morgan fingerprint density at radius 3 is 2.27 bits per heavy atom. The van der Waals surface area contributed by atoms with Gasteiger partial charge in [0, 0.05) is 24.9 Å². The Hall–Kier alpha value is -0.370. The Balaban J connectivity index is 2.01. The molecule has 15 heavy (non-hydrogen) atoms. The summed E-state index contributed by atoms with van der Waals surface area (Å²) in [5.74, 6) is 1.33. The number of ketones is 1. The maximum atomic E-state index is 12.1. The van der Waals surface area contributed by atoms with Crippen molar-refractivity contribution in [2.24, 2.45) is 11.8 Å². The molecule has 1 heterocycles. The second-order valence-electron chi connectivity index (χ2n) is 5.19. The van der Waals surface area contributed by atoms with Crippen LogP contribution in [0.5, 0.6) is 0 Å². The number of fused-ring (bicyclic) bond motifs is 2. The van der Waals surface area contributed by atoms with Gasteiger partial charge in [-0.1, -0.05) is 26.2 Å². The van der Waals surface area contributed by atoms with Crippen LogP contribution < -0.4 is 0 Å². The number of nitrogens with zero attached hydrogens (tertiary/aromatic N) is 1. The van der Waals surface area contributed by atoms with E-state index in [0.717, 1.165) is 25.9 Å². The van der Waals surface area contributed by atoms with Crippen LogP contribution in [0.3, 0.4) is 0 Å². The van der Waals surface area contributed by atoms with Crippen LogP contribution in [0, 0.1) is 11.8 Å². The molecule has 2 atom stereocenters. The molecule has 86 valence electrons. The molecule has 1 aliphatic carbocycles. The topological polar surface area (TPSA) is 20.3 Å². The zero-order valence-corrected chi connectivity index (χ0v) is 9.87. The van der Waals surface area contributed by atoms with Crippen molar-refractivity contribution in [1.29, 1.82) is 0 Å². The predicted octanol–water partition coefficient (Wildman–Crippen LogP) is 2.48. The van der Waals surface area contributed by atoms with Gasteiger partial charge in [0.05, 0.1) is 0 Å². The highest BCUT2D eigenvalue weighted by Gasteiger charge is 2.34. The van der Waals surface area contributed by atoms with Gasteiger partial charge < -0.3 is 4.90 Å². The van der Waals surface area contributed by atoms with Crippen LogP contribution in [-0.2, 0) is 4.79 Å². The van der Waals surface area contributed by atoms with E-state index >= 15 is 0 Å². The van der Waals surface area contributed by atoms with Gasteiger partial charge in [0.15, 0.2) is 0 Å². The molecule has 0 aromatic rings. The largest absolute Gasteiger partial charge is 0.302 e. The van der Waals surface area contributed by atoms with Crippen LogP contribution in [0.1, 0.15) is 45.4 Å². The third-order valence-electron chi connectivity index (χ3n) is 3.91. The van der Waals surface area contributed by atoms with Crippen molar-refractivity contribution in [3.8, 4) is 0 Å². The first-order valence-electron chi connectivity index (χ1n) is 6.57. The third kappa shape index (κ3) is 2.60. The Bertz CT molecular complexity index is 209. The molecule has 1 aliphatic heterocycles. The van der Waals surface area contributed by atoms with Gasteiger partial charge in [-0.25, -0.2) is 0 Å². The lowest BCUT2D eigenvalue weighted by Crippen LogP contribution is -2.47. The molecule has 0 aromatic carbocycles. The smallest absolute Gasteiger partial charge is 0.141 e. The summed E-state index contributed by atoms with van der Waals surface area (Å²) in [6, 6.07) is 0. The number of hydrogen-bond acceptors (Lipinski definition) is 2. The zero-order chi connectivity index (χ0) is 10.7. The highest BCUT2D eigenvalue weighted by atomic mass is 16.1. The molecule has 2 fully saturated rings. The van der Waals surface area contributed by atoms with E-state index in [-0.39, 0.29) is 0 Å². The maximum Gasteiger partial charge on any atom is 0.141 e. The van der Waals surface area contributed by atoms with Gasteiger partial charge in [0.25, 0.3) is 0 Å². The van der Waals surface area contributed by atoms with Crippen molar-refractivity contribution in [3.63, 3.8) is 0 Å². The van der Waals surface area contributed by atoms with Crippen molar-refractivity contribution < 1.29 is 4.79 Å². The first-order valence-corrected chi connectivity index (χ1v) is 6.57. The minimum absolute atomic E-state index is 0.371. The molecule has 0 radical (unpaired) electrons. The van der Waals surface area contributed by atoms with Crippen LogP contribution in [-0.4, -0.2) is 30.3 Å². The molecule has 0 amide bonds. The fourth-order valence-corrected chi connectivity index (χ4v) is 3.14. The molecule has 0 spiro atoms. The van der Waals surface area contributed by atoms with Gasteiger partial charge in [0.1, 0.15) is 5.78 Å². The van der Waals surface area contributed by atoms with Crippen LogP contribution in [0.2, 0.25) is 0 Å². The van der Waals surface area contributed by atoms with Crippen LogP contribution in [0.15, 0.2) is 0 Å². The molecule has 2 unspecified atom stereocenters. The normalized spacial score (nSPS) is 33.5. The summed E-state index contributed by atoms with van der Waals surface area (Å²) in [6.45, 7) is 5.50. The molecular weight excluding hydrogens is 186 g/mol. The van der Waals surface area contributed by atoms with Crippen molar-refractivity contribution in [1.82, 2.24) is 4.90 Å². The summed E-state index contributed by atoms with van der Waals surface area (Å²) >= 11 is 0. The number of Topliss-reactive ketones (excluding diaryl/α,β-unsaturated/α-hetero) is 1. The Morgan fingerprint density at radius 1 is 1.13 bits per heavy atom. The number of piperidine rings is 1. The van der Waals surface area contributed by atoms with E-state index in [4.69, 9.17) is 0 Å². The maximum absolute atomic E-state index is 12.1. The van der Waals surface area contributed by atoms with E-state index in [2.05, 4.69) is 11.8 Å². The number of carbonyl (C=O) groups is 1. The number of likely N-dealkylation sites (tertiary alicyclic amines) is 1. The summed E-state index contributed by atoms with van der Waals surface area (Å²) in [5, 5.41) is 0. The summed E-state index contributed by atoms with van der Waals surface area (Å²) in [7, 11) is 0. The Morgan fingerprint density at radius 2 is 1.73 bits per heavy atom. The summed E-state index contributed by atoms with van der Waals surface area (Å²) in [4.78, 5) is 14.6. The average molecular weight is 209 g/mol. The van der Waals surface area contributed by atoms with Gasteiger partial charge in [0.2, 0.25) is 0 Å². The van der Waals surface area contributed by atoms with Gasteiger partial charge in [-0.2, -0.15) is 0 Å². The fraction of sp³-hybridized carbons (Fsp3) is 0.923. The highest BCUT2D eigenvalue weighted by molar-refractivity contribution is 5.84.